The maximum absolute atomic E-state index is 4.72. The Labute approximate surface area is 121 Å². The molecule has 0 unspecified atom stereocenters. The van der Waals surface area contributed by atoms with Crippen LogP contribution < -0.4 is 5.32 Å². The van der Waals surface area contributed by atoms with Gasteiger partial charge < -0.3 is 5.32 Å². The van der Waals surface area contributed by atoms with Gasteiger partial charge in [-0.1, -0.05) is 38.5 Å². The first-order valence-electron chi connectivity index (χ1n) is 7.34. The topological polar surface area (TPSA) is 37.8 Å². The smallest absolute Gasteiger partial charge is 0.132 e. The van der Waals surface area contributed by atoms with E-state index < -0.39 is 0 Å². The maximum atomic E-state index is 4.72. The van der Waals surface area contributed by atoms with Gasteiger partial charge in [0.25, 0.3) is 0 Å². The van der Waals surface area contributed by atoms with E-state index in [0.717, 1.165) is 42.2 Å². The van der Waals surface area contributed by atoms with Gasteiger partial charge in [0.15, 0.2) is 0 Å². The van der Waals surface area contributed by atoms with Crippen LogP contribution in [-0.4, -0.2) is 17.0 Å². The summed E-state index contributed by atoms with van der Waals surface area (Å²) < 4.78 is 0. The van der Waals surface area contributed by atoms with E-state index in [1.54, 1.807) is 0 Å². The predicted octanol–water partition coefficient (Wildman–Crippen LogP) is 4.01. The van der Waals surface area contributed by atoms with Gasteiger partial charge in [-0.15, -0.1) is 0 Å². The quantitative estimate of drug-likeness (QED) is 0.891. The van der Waals surface area contributed by atoms with Gasteiger partial charge in [-0.05, 0) is 25.0 Å². The van der Waals surface area contributed by atoms with Gasteiger partial charge in [-0.2, -0.15) is 0 Å². The lowest BCUT2D eigenvalue weighted by Gasteiger charge is -2.12. The lowest BCUT2D eigenvalue weighted by Crippen LogP contribution is -2.04. The van der Waals surface area contributed by atoms with Gasteiger partial charge in [-0.3, -0.25) is 0 Å². The fourth-order valence-electron chi connectivity index (χ4n) is 2.41. The van der Waals surface area contributed by atoms with Crippen molar-refractivity contribution in [2.45, 2.75) is 40.0 Å². The first-order chi connectivity index (χ1) is 9.69. The van der Waals surface area contributed by atoms with Crippen molar-refractivity contribution in [3.05, 3.63) is 41.2 Å². The number of hydrogen-bond acceptors (Lipinski definition) is 3. The highest BCUT2D eigenvalue weighted by atomic mass is 15.0. The van der Waals surface area contributed by atoms with Crippen LogP contribution in [0.4, 0.5) is 5.82 Å². The molecular formula is C17H23N3. The molecule has 2 aromatic rings. The number of hydrogen-bond donors (Lipinski definition) is 1. The van der Waals surface area contributed by atoms with E-state index in [4.69, 9.17) is 4.98 Å². The minimum atomic E-state index is 0.844. The summed E-state index contributed by atoms with van der Waals surface area (Å²) in [6, 6.07) is 8.68. The van der Waals surface area contributed by atoms with E-state index in [-0.39, 0.29) is 0 Å². The molecule has 0 bridgehead atoms. The zero-order chi connectivity index (χ0) is 14.5. The molecule has 1 aromatic carbocycles. The third kappa shape index (κ3) is 2.98. The standard InChI is InChI=1S/C17H23N3/c1-5-8-13-9-7-10-14(11-13)16-12(3)17(18-4)20-15(6-2)19-16/h7,9-11H,5-6,8H2,1-4H3,(H,18,19,20). The molecule has 0 atom stereocenters. The Morgan fingerprint density at radius 2 is 1.95 bits per heavy atom. The van der Waals surface area contributed by atoms with E-state index in [1.807, 2.05) is 7.05 Å². The minimum absolute atomic E-state index is 0.844. The van der Waals surface area contributed by atoms with Gasteiger partial charge in [0.2, 0.25) is 0 Å². The predicted molar refractivity (Wildman–Crippen MR) is 85.1 cm³/mol. The van der Waals surface area contributed by atoms with Crippen LogP contribution in [0, 0.1) is 6.92 Å². The van der Waals surface area contributed by atoms with Crippen molar-refractivity contribution >= 4 is 5.82 Å². The summed E-state index contributed by atoms with van der Waals surface area (Å²) in [5.74, 6) is 1.81. The molecule has 20 heavy (non-hydrogen) atoms. The Hall–Kier alpha value is -1.90. The molecule has 0 amide bonds. The average molecular weight is 269 g/mol. The van der Waals surface area contributed by atoms with Crippen molar-refractivity contribution in [2.24, 2.45) is 0 Å². The fourth-order valence-corrected chi connectivity index (χ4v) is 2.41. The third-order valence-corrected chi connectivity index (χ3v) is 3.48. The summed E-state index contributed by atoms with van der Waals surface area (Å²) in [7, 11) is 1.91. The number of aromatic nitrogens is 2. The van der Waals surface area contributed by atoms with E-state index in [2.05, 4.69) is 55.3 Å². The number of benzene rings is 1. The van der Waals surface area contributed by atoms with Crippen molar-refractivity contribution in [3.63, 3.8) is 0 Å². The second kappa shape index (κ2) is 6.51. The van der Waals surface area contributed by atoms with Crippen molar-refractivity contribution in [1.82, 2.24) is 9.97 Å². The Balaban J connectivity index is 2.53. The first kappa shape index (κ1) is 14.5. The Bertz CT molecular complexity index is 591. The summed E-state index contributed by atoms with van der Waals surface area (Å²) in [6.07, 6.45) is 3.11. The monoisotopic (exact) mass is 269 g/mol. The Kier molecular flexibility index (Phi) is 4.72. The number of nitrogens with one attached hydrogen (secondary N) is 1. The van der Waals surface area contributed by atoms with Crippen LogP contribution in [0.5, 0.6) is 0 Å². The molecule has 0 radical (unpaired) electrons. The molecule has 3 heteroatoms. The molecule has 0 aliphatic carbocycles. The summed E-state index contributed by atoms with van der Waals surface area (Å²) in [5.41, 5.74) is 4.70. The van der Waals surface area contributed by atoms with Crippen LogP contribution in [0.3, 0.4) is 0 Å². The minimum Gasteiger partial charge on any atom is -0.373 e. The molecule has 1 aromatic heterocycles. The number of rotatable bonds is 5. The van der Waals surface area contributed by atoms with Crippen LogP contribution in [0.25, 0.3) is 11.3 Å². The molecule has 3 nitrogen and oxygen atoms in total. The number of aryl methyl sites for hydroxylation is 2. The van der Waals surface area contributed by atoms with Crippen molar-refractivity contribution in [3.8, 4) is 11.3 Å². The largest absolute Gasteiger partial charge is 0.373 e. The molecule has 106 valence electrons. The zero-order valence-corrected chi connectivity index (χ0v) is 12.8. The Morgan fingerprint density at radius 1 is 1.15 bits per heavy atom. The highest BCUT2D eigenvalue weighted by molar-refractivity contribution is 5.68. The summed E-state index contributed by atoms with van der Waals surface area (Å²) in [4.78, 5) is 9.25. The van der Waals surface area contributed by atoms with E-state index >= 15 is 0 Å². The van der Waals surface area contributed by atoms with E-state index in [0.29, 0.717) is 0 Å². The third-order valence-electron chi connectivity index (χ3n) is 3.48. The molecule has 2 rings (SSSR count). The average Bonchev–Trinajstić information content (AvgIpc) is 2.48. The number of nitrogens with zero attached hydrogens (tertiary/aromatic N) is 2. The van der Waals surface area contributed by atoms with E-state index in [1.165, 1.54) is 11.1 Å². The molecule has 0 saturated carbocycles. The van der Waals surface area contributed by atoms with Crippen LogP contribution >= 0.6 is 0 Å². The molecule has 0 fully saturated rings. The molecule has 1 N–H and O–H groups in total. The van der Waals surface area contributed by atoms with Gasteiger partial charge in [-0.25, -0.2) is 9.97 Å². The number of anilines is 1. The molecule has 0 aliphatic heterocycles. The van der Waals surface area contributed by atoms with Gasteiger partial charge >= 0.3 is 0 Å². The van der Waals surface area contributed by atoms with Crippen molar-refractivity contribution in [1.29, 1.82) is 0 Å². The Morgan fingerprint density at radius 3 is 2.60 bits per heavy atom. The van der Waals surface area contributed by atoms with Crippen LogP contribution in [0.15, 0.2) is 24.3 Å². The SMILES string of the molecule is CCCc1cccc(-c2nc(CC)nc(NC)c2C)c1. The first-order valence-corrected chi connectivity index (χ1v) is 7.34. The molecule has 1 heterocycles. The van der Waals surface area contributed by atoms with Crippen LogP contribution in [0.1, 0.15) is 37.2 Å². The van der Waals surface area contributed by atoms with Crippen molar-refractivity contribution in [2.75, 3.05) is 12.4 Å². The second-order valence-electron chi connectivity index (χ2n) is 5.02. The summed E-state index contributed by atoms with van der Waals surface area (Å²) in [5, 5.41) is 3.17. The van der Waals surface area contributed by atoms with Gasteiger partial charge in [0.1, 0.15) is 11.6 Å². The fraction of sp³-hybridized carbons (Fsp3) is 0.412. The molecular weight excluding hydrogens is 246 g/mol. The highest BCUT2D eigenvalue weighted by Gasteiger charge is 2.11. The summed E-state index contributed by atoms with van der Waals surface area (Å²) >= 11 is 0. The zero-order valence-electron chi connectivity index (χ0n) is 12.8. The maximum Gasteiger partial charge on any atom is 0.132 e. The molecule has 0 aliphatic rings. The summed E-state index contributed by atoms with van der Waals surface area (Å²) in [6.45, 7) is 6.37. The normalized spacial score (nSPS) is 10.6. The molecule has 0 spiro atoms. The second-order valence-corrected chi connectivity index (χ2v) is 5.02. The lowest BCUT2D eigenvalue weighted by atomic mass is 10.0. The van der Waals surface area contributed by atoms with Gasteiger partial charge in [0.05, 0.1) is 5.69 Å². The highest BCUT2D eigenvalue weighted by Crippen LogP contribution is 2.26. The van der Waals surface area contributed by atoms with Crippen LogP contribution in [-0.2, 0) is 12.8 Å². The van der Waals surface area contributed by atoms with Crippen LogP contribution in [0.2, 0.25) is 0 Å². The molecule has 0 saturated heterocycles. The lowest BCUT2D eigenvalue weighted by molar-refractivity contribution is 0.919. The van der Waals surface area contributed by atoms with Crippen molar-refractivity contribution < 1.29 is 0 Å². The van der Waals surface area contributed by atoms with Gasteiger partial charge in [0, 0.05) is 24.6 Å². The van der Waals surface area contributed by atoms with E-state index in [9.17, 15) is 0 Å².